The van der Waals surface area contributed by atoms with Crippen LogP contribution in [0.25, 0.3) is 11.0 Å². The molecule has 4 nitrogen and oxygen atoms in total. The van der Waals surface area contributed by atoms with Crippen molar-refractivity contribution in [3.05, 3.63) is 53.3 Å². The molecule has 0 fully saturated rings. The molecule has 1 aliphatic rings. The van der Waals surface area contributed by atoms with Gasteiger partial charge in [-0.1, -0.05) is 23.7 Å². The Morgan fingerprint density at radius 3 is 3.00 bits per heavy atom. The number of halogens is 1. The average molecular weight is 300 g/mol. The van der Waals surface area contributed by atoms with Crippen molar-refractivity contribution in [3.63, 3.8) is 0 Å². The smallest absolute Gasteiger partial charge is 0.173 e. The zero-order valence-corrected chi connectivity index (χ0v) is 12.3. The van der Waals surface area contributed by atoms with E-state index in [4.69, 9.17) is 21.3 Å². The second-order valence-corrected chi connectivity index (χ2v) is 5.58. The van der Waals surface area contributed by atoms with Crippen LogP contribution in [0.2, 0.25) is 5.02 Å². The van der Waals surface area contributed by atoms with Crippen molar-refractivity contribution in [2.24, 2.45) is 7.05 Å². The van der Waals surface area contributed by atoms with E-state index in [1.54, 1.807) is 0 Å². The molecule has 0 spiro atoms. The largest absolute Gasteiger partial charge is 0.478 e. The molecule has 0 amide bonds. The lowest BCUT2D eigenvalue weighted by molar-refractivity contribution is 0.197. The summed E-state index contributed by atoms with van der Waals surface area (Å²) in [5.41, 5.74) is 3.02. The third kappa shape index (κ3) is 2.03. The number of benzene rings is 2. The third-order valence-corrected chi connectivity index (χ3v) is 4.03. The normalized spacial score (nSPS) is 17.1. The van der Waals surface area contributed by atoms with Gasteiger partial charge in [0, 0.05) is 12.1 Å². The molecule has 0 radical (unpaired) electrons. The predicted octanol–water partition coefficient (Wildman–Crippen LogP) is 3.77. The van der Waals surface area contributed by atoms with Crippen LogP contribution in [0.15, 0.2) is 42.5 Å². The van der Waals surface area contributed by atoms with E-state index in [-0.39, 0.29) is 6.10 Å². The molecule has 3 aromatic rings. The van der Waals surface area contributed by atoms with Crippen LogP contribution in [0, 0.1) is 0 Å². The van der Waals surface area contributed by atoms with Gasteiger partial charge in [-0.05, 0) is 30.3 Å². The number of imidazole rings is 1. The number of anilines is 1. The third-order valence-electron chi connectivity index (χ3n) is 3.80. The predicted molar refractivity (Wildman–Crippen MR) is 84.0 cm³/mol. The molecule has 1 atom stereocenters. The van der Waals surface area contributed by atoms with E-state index < -0.39 is 0 Å². The minimum atomic E-state index is -0.115. The fourth-order valence-electron chi connectivity index (χ4n) is 2.74. The van der Waals surface area contributed by atoms with E-state index in [0.29, 0.717) is 11.6 Å². The first-order valence-electron chi connectivity index (χ1n) is 6.84. The molecule has 1 N–H and O–H groups in total. The maximum atomic E-state index is 6.08. The Morgan fingerprint density at radius 2 is 2.14 bits per heavy atom. The number of para-hydroxylation sites is 2. The van der Waals surface area contributed by atoms with E-state index in [9.17, 15) is 0 Å². The van der Waals surface area contributed by atoms with Crippen LogP contribution in [0.5, 0.6) is 5.75 Å². The molecule has 21 heavy (non-hydrogen) atoms. The summed E-state index contributed by atoms with van der Waals surface area (Å²) in [6, 6.07) is 13.7. The minimum Gasteiger partial charge on any atom is -0.478 e. The van der Waals surface area contributed by atoms with Crippen molar-refractivity contribution in [1.82, 2.24) is 9.55 Å². The van der Waals surface area contributed by atoms with Gasteiger partial charge in [0.15, 0.2) is 11.9 Å². The van der Waals surface area contributed by atoms with Gasteiger partial charge in [0.2, 0.25) is 0 Å². The molecular formula is C16H14ClN3O. The van der Waals surface area contributed by atoms with E-state index >= 15 is 0 Å². The molecule has 5 heteroatoms. The van der Waals surface area contributed by atoms with Crippen molar-refractivity contribution in [1.29, 1.82) is 0 Å². The van der Waals surface area contributed by atoms with Crippen molar-refractivity contribution in [3.8, 4) is 5.75 Å². The summed E-state index contributed by atoms with van der Waals surface area (Å²) in [5, 5.41) is 4.06. The van der Waals surface area contributed by atoms with Crippen molar-refractivity contribution in [2.45, 2.75) is 6.10 Å². The molecule has 2 heterocycles. The summed E-state index contributed by atoms with van der Waals surface area (Å²) in [4.78, 5) is 4.70. The first kappa shape index (κ1) is 12.5. The molecular weight excluding hydrogens is 286 g/mol. The number of nitrogens with one attached hydrogen (secondary N) is 1. The van der Waals surface area contributed by atoms with Crippen LogP contribution in [0.3, 0.4) is 0 Å². The lowest BCUT2D eigenvalue weighted by Crippen LogP contribution is -2.25. The molecule has 4 rings (SSSR count). The molecule has 0 saturated carbocycles. The minimum absolute atomic E-state index is 0.115. The van der Waals surface area contributed by atoms with Gasteiger partial charge in [-0.25, -0.2) is 4.98 Å². The zero-order chi connectivity index (χ0) is 14.4. The van der Waals surface area contributed by atoms with E-state index in [1.807, 2.05) is 43.4 Å². The molecule has 1 aromatic heterocycles. The number of rotatable bonds is 1. The Kier molecular flexibility index (Phi) is 2.79. The van der Waals surface area contributed by atoms with Gasteiger partial charge < -0.3 is 14.6 Å². The SMILES string of the molecule is Cn1c(C2CNc3cc(Cl)ccc3O2)nc2ccccc21. The number of fused-ring (bicyclic) bond motifs is 2. The molecule has 1 unspecified atom stereocenters. The van der Waals surface area contributed by atoms with Gasteiger partial charge in [-0.15, -0.1) is 0 Å². The van der Waals surface area contributed by atoms with Crippen LogP contribution in [0.1, 0.15) is 11.9 Å². The maximum Gasteiger partial charge on any atom is 0.173 e. The van der Waals surface area contributed by atoms with Crippen LogP contribution in [0.4, 0.5) is 5.69 Å². The second-order valence-electron chi connectivity index (χ2n) is 5.15. The van der Waals surface area contributed by atoms with Gasteiger partial charge in [0.25, 0.3) is 0 Å². The van der Waals surface area contributed by atoms with Gasteiger partial charge in [0.1, 0.15) is 5.75 Å². The Hall–Kier alpha value is -2.20. The Labute approximate surface area is 127 Å². The molecule has 0 bridgehead atoms. The summed E-state index contributed by atoms with van der Waals surface area (Å²) >= 11 is 6.00. The van der Waals surface area contributed by atoms with Crippen LogP contribution < -0.4 is 10.1 Å². The Balaban J connectivity index is 1.74. The summed E-state index contributed by atoms with van der Waals surface area (Å²) in [7, 11) is 2.02. The molecule has 0 saturated heterocycles. The first-order valence-corrected chi connectivity index (χ1v) is 7.21. The highest BCUT2D eigenvalue weighted by Crippen LogP contribution is 2.36. The van der Waals surface area contributed by atoms with E-state index in [1.165, 1.54) is 0 Å². The fraction of sp³-hybridized carbons (Fsp3) is 0.188. The Morgan fingerprint density at radius 1 is 1.29 bits per heavy atom. The summed E-state index contributed by atoms with van der Waals surface area (Å²) in [5.74, 6) is 1.73. The molecule has 106 valence electrons. The van der Waals surface area contributed by atoms with Crippen molar-refractivity contribution in [2.75, 3.05) is 11.9 Å². The maximum absolute atomic E-state index is 6.08. The van der Waals surface area contributed by atoms with Gasteiger partial charge in [-0.2, -0.15) is 0 Å². The number of nitrogens with zero attached hydrogens (tertiary/aromatic N) is 2. The lowest BCUT2D eigenvalue weighted by Gasteiger charge is -2.27. The first-order chi connectivity index (χ1) is 10.2. The standard InChI is InChI=1S/C16H14ClN3O/c1-20-13-5-3-2-4-11(13)19-16(20)15-9-18-12-8-10(17)6-7-14(12)21-15/h2-8,15,18H,9H2,1H3. The molecule has 0 aliphatic carbocycles. The topological polar surface area (TPSA) is 39.1 Å². The average Bonchev–Trinajstić information content (AvgIpc) is 2.84. The van der Waals surface area contributed by atoms with Crippen molar-refractivity contribution >= 4 is 28.3 Å². The van der Waals surface area contributed by atoms with Crippen LogP contribution >= 0.6 is 11.6 Å². The quantitative estimate of drug-likeness (QED) is 0.743. The van der Waals surface area contributed by atoms with Gasteiger partial charge in [-0.3, -0.25) is 0 Å². The molecule has 1 aliphatic heterocycles. The van der Waals surface area contributed by atoms with Crippen molar-refractivity contribution < 1.29 is 4.74 Å². The summed E-state index contributed by atoms with van der Waals surface area (Å²) < 4.78 is 8.16. The van der Waals surface area contributed by atoms with E-state index in [0.717, 1.165) is 28.3 Å². The molecule has 2 aromatic carbocycles. The van der Waals surface area contributed by atoms with E-state index in [2.05, 4.69) is 16.0 Å². The van der Waals surface area contributed by atoms with Crippen LogP contribution in [-0.2, 0) is 7.05 Å². The number of aromatic nitrogens is 2. The van der Waals surface area contributed by atoms with Gasteiger partial charge in [0.05, 0.1) is 23.3 Å². The number of hydrogen-bond acceptors (Lipinski definition) is 3. The van der Waals surface area contributed by atoms with Crippen LogP contribution in [-0.4, -0.2) is 16.1 Å². The fourth-order valence-corrected chi connectivity index (χ4v) is 2.91. The second kappa shape index (κ2) is 4.67. The Bertz CT molecular complexity index is 828. The highest BCUT2D eigenvalue weighted by Gasteiger charge is 2.25. The number of hydrogen-bond donors (Lipinski definition) is 1. The summed E-state index contributed by atoms with van der Waals surface area (Å²) in [6.07, 6.45) is -0.115. The number of aryl methyl sites for hydroxylation is 1. The highest BCUT2D eigenvalue weighted by atomic mass is 35.5. The zero-order valence-electron chi connectivity index (χ0n) is 11.5. The monoisotopic (exact) mass is 299 g/mol. The summed E-state index contributed by atoms with van der Waals surface area (Å²) in [6.45, 7) is 0.671. The van der Waals surface area contributed by atoms with Gasteiger partial charge >= 0.3 is 0 Å². The highest BCUT2D eigenvalue weighted by molar-refractivity contribution is 6.30. The number of ether oxygens (including phenoxy) is 1. The lowest BCUT2D eigenvalue weighted by atomic mass is 10.2.